The Morgan fingerprint density at radius 1 is 1.37 bits per heavy atom. The SMILES string of the molecule is CCOPc1cc(NSC)ccc1N=C(N)/C(C(=O)NCCC(C)(C)C)=C(\O)C(=N)c1ccn[nH]1. The van der Waals surface area contributed by atoms with E-state index in [0.717, 1.165) is 11.0 Å². The molecule has 10 nitrogen and oxygen atoms in total. The molecule has 7 N–H and O–H groups in total. The Bertz CT molecular complexity index is 1080. The van der Waals surface area contributed by atoms with Gasteiger partial charge in [0.25, 0.3) is 5.91 Å². The highest BCUT2D eigenvalue weighted by molar-refractivity contribution is 7.99. The number of aromatic nitrogens is 2. The molecule has 2 rings (SSSR count). The zero-order valence-electron chi connectivity index (χ0n) is 20.7. The number of amidine groups is 1. The fourth-order valence-electron chi connectivity index (χ4n) is 2.86. The Balaban J connectivity index is 2.49. The minimum absolute atomic E-state index is 0.00310. The average molecular weight is 520 g/mol. The van der Waals surface area contributed by atoms with Crippen LogP contribution in [0.3, 0.4) is 0 Å². The number of allylic oxidation sites excluding steroid dienone is 1. The quantitative estimate of drug-likeness (QED) is 0.0621. The number of nitrogens with zero attached hydrogens (tertiary/aromatic N) is 2. The molecule has 1 atom stereocenters. The number of hydrogen-bond donors (Lipinski definition) is 6. The maximum Gasteiger partial charge on any atom is 0.258 e. The van der Waals surface area contributed by atoms with E-state index in [1.165, 1.54) is 24.2 Å². The number of hydrogen-bond acceptors (Lipinski definition) is 8. The second kappa shape index (κ2) is 13.3. The summed E-state index contributed by atoms with van der Waals surface area (Å²) in [5.74, 6) is -1.43. The predicted molar refractivity (Wildman–Crippen MR) is 147 cm³/mol. The van der Waals surface area contributed by atoms with E-state index in [0.29, 0.717) is 25.3 Å². The molecule has 0 saturated heterocycles. The molecule has 1 unspecified atom stereocenters. The summed E-state index contributed by atoms with van der Waals surface area (Å²) in [5, 5.41) is 29.2. The third kappa shape index (κ3) is 8.69. The van der Waals surface area contributed by atoms with Crippen molar-refractivity contribution in [2.24, 2.45) is 16.1 Å². The van der Waals surface area contributed by atoms with Crippen molar-refractivity contribution in [3.63, 3.8) is 0 Å². The number of aromatic amines is 1. The third-order valence-electron chi connectivity index (χ3n) is 4.67. The first-order valence-electron chi connectivity index (χ1n) is 11.0. The van der Waals surface area contributed by atoms with Gasteiger partial charge < -0.3 is 25.4 Å². The van der Waals surface area contributed by atoms with Crippen LogP contribution in [0.4, 0.5) is 11.4 Å². The monoisotopic (exact) mass is 519 g/mol. The van der Waals surface area contributed by atoms with Gasteiger partial charge in [0.05, 0.1) is 11.4 Å². The zero-order valence-corrected chi connectivity index (χ0v) is 22.5. The second-order valence-electron chi connectivity index (χ2n) is 8.71. The highest BCUT2D eigenvalue weighted by atomic mass is 32.2. The van der Waals surface area contributed by atoms with Crippen LogP contribution >= 0.6 is 20.8 Å². The van der Waals surface area contributed by atoms with Crippen molar-refractivity contribution in [2.45, 2.75) is 34.1 Å². The van der Waals surface area contributed by atoms with Crippen LogP contribution < -0.4 is 21.1 Å². The number of benzene rings is 1. The van der Waals surface area contributed by atoms with Crippen LogP contribution in [0.1, 0.15) is 39.8 Å². The maximum atomic E-state index is 13.1. The predicted octanol–water partition coefficient (Wildman–Crippen LogP) is 3.78. The summed E-state index contributed by atoms with van der Waals surface area (Å²) in [6, 6.07) is 7.01. The van der Waals surface area contributed by atoms with Crippen LogP contribution in [0.25, 0.3) is 0 Å². The number of amides is 1. The first-order chi connectivity index (χ1) is 16.6. The van der Waals surface area contributed by atoms with E-state index in [4.69, 9.17) is 15.7 Å². The molecule has 0 aliphatic carbocycles. The first-order valence-corrected chi connectivity index (χ1v) is 13.2. The van der Waals surface area contributed by atoms with E-state index < -0.39 is 11.7 Å². The van der Waals surface area contributed by atoms with Crippen molar-refractivity contribution >= 4 is 54.9 Å². The molecular weight excluding hydrogens is 485 g/mol. The van der Waals surface area contributed by atoms with Crippen LogP contribution in [0.2, 0.25) is 0 Å². The van der Waals surface area contributed by atoms with Crippen LogP contribution in [0, 0.1) is 10.8 Å². The van der Waals surface area contributed by atoms with Crippen LogP contribution in [-0.4, -0.2) is 52.2 Å². The van der Waals surface area contributed by atoms with Crippen molar-refractivity contribution in [3.05, 3.63) is 47.5 Å². The average Bonchev–Trinajstić information content (AvgIpc) is 3.33. The Morgan fingerprint density at radius 2 is 2.11 bits per heavy atom. The first kappa shape index (κ1) is 28.4. The largest absolute Gasteiger partial charge is 0.505 e. The molecule has 190 valence electrons. The molecule has 0 aliphatic heterocycles. The number of carbonyl (C=O) groups is 1. The molecule has 0 spiro atoms. The minimum Gasteiger partial charge on any atom is -0.505 e. The standard InChI is InChI=1S/C23H34N7O3PS/c1-6-33-34-17-13-14(30-35-5)7-8-15(17)28-21(25)18(22(32)26-12-10-23(2,3)4)20(31)19(24)16-9-11-27-29-16/h7-9,11,13,24,30-31,34H,6,10,12H2,1-5H3,(H2,25,28)(H,26,32)(H,27,29)/b20-18+,24-19?. The van der Waals surface area contributed by atoms with Crippen LogP contribution in [0.5, 0.6) is 0 Å². The number of nitrogens with one attached hydrogen (secondary N) is 4. The van der Waals surface area contributed by atoms with E-state index in [9.17, 15) is 9.90 Å². The Labute approximate surface area is 212 Å². The van der Waals surface area contributed by atoms with Crippen molar-refractivity contribution in [1.29, 1.82) is 5.41 Å². The molecule has 1 heterocycles. The molecule has 0 fully saturated rings. The Kier molecular flexibility index (Phi) is 10.8. The summed E-state index contributed by atoms with van der Waals surface area (Å²) in [6.07, 6.45) is 4.08. The lowest BCUT2D eigenvalue weighted by Gasteiger charge is -2.19. The Morgan fingerprint density at radius 3 is 2.71 bits per heavy atom. The topological polar surface area (TPSA) is 162 Å². The molecule has 35 heavy (non-hydrogen) atoms. The van der Waals surface area contributed by atoms with Gasteiger partial charge in [-0.25, -0.2) is 4.99 Å². The lowest BCUT2D eigenvalue weighted by atomic mass is 9.92. The summed E-state index contributed by atoms with van der Waals surface area (Å²) < 4.78 is 8.76. The molecule has 2 aromatic rings. The maximum absolute atomic E-state index is 13.1. The number of carbonyl (C=O) groups excluding carboxylic acids is 1. The molecule has 0 aliphatic rings. The number of H-pyrrole nitrogens is 1. The van der Waals surface area contributed by atoms with Crippen LogP contribution in [-0.2, 0) is 9.32 Å². The number of aliphatic imine (C=N–C) groups is 1. The number of nitrogens with two attached hydrogens (primary N) is 1. The third-order valence-corrected chi connectivity index (χ3v) is 6.16. The smallest absolute Gasteiger partial charge is 0.258 e. The molecule has 1 aromatic carbocycles. The van der Waals surface area contributed by atoms with Crippen molar-refractivity contribution in [3.8, 4) is 0 Å². The van der Waals surface area contributed by atoms with Gasteiger partial charge in [-0.05, 0) is 43.0 Å². The van der Waals surface area contributed by atoms with E-state index in [1.54, 1.807) is 6.07 Å². The van der Waals surface area contributed by atoms with E-state index in [2.05, 4.69) is 46.0 Å². The molecule has 12 heteroatoms. The summed E-state index contributed by atoms with van der Waals surface area (Å²) >= 11 is 1.46. The van der Waals surface area contributed by atoms with Gasteiger partial charge in [0.2, 0.25) is 0 Å². The summed E-state index contributed by atoms with van der Waals surface area (Å²) in [7, 11) is 0.0106. The van der Waals surface area contributed by atoms with Crippen molar-refractivity contribution in [1.82, 2.24) is 15.5 Å². The van der Waals surface area contributed by atoms with Crippen molar-refractivity contribution in [2.75, 3.05) is 24.1 Å². The number of anilines is 1. The summed E-state index contributed by atoms with van der Waals surface area (Å²) in [6.45, 7) is 8.99. The number of aliphatic hydroxyl groups excluding tert-OH is 1. The molecular formula is C23H34N7O3PS. The van der Waals surface area contributed by atoms with E-state index >= 15 is 0 Å². The van der Waals surface area contributed by atoms with Gasteiger partial charge in [0.1, 0.15) is 17.1 Å². The fourth-order valence-corrected chi connectivity index (χ4v) is 3.99. The fraction of sp³-hybridized carbons (Fsp3) is 0.391. The highest BCUT2D eigenvalue weighted by Gasteiger charge is 2.24. The van der Waals surface area contributed by atoms with Gasteiger partial charge in [-0.3, -0.25) is 15.3 Å². The molecule has 0 saturated carbocycles. The molecule has 0 bridgehead atoms. The highest BCUT2D eigenvalue weighted by Crippen LogP contribution is 2.26. The molecule has 1 aromatic heterocycles. The van der Waals surface area contributed by atoms with Gasteiger partial charge in [0.15, 0.2) is 5.76 Å². The van der Waals surface area contributed by atoms with Gasteiger partial charge in [-0.15, -0.1) is 0 Å². The second-order valence-corrected chi connectivity index (χ2v) is 10.3. The van der Waals surface area contributed by atoms with E-state index in [-0.39, 0.29) is 37.0 Å². The van der Waals surface area contributed by atoms with Gasteiger partial charge >= 0.3 is 0 Å². The molecule has 1 amide bonds. The van der Waals surface area contributed by atoms with Crippen LogP contribution in [0.15, 0.2) is 46.8 Å². The lowest BCUT2D eigenvalue weighted by Crippen LogP contribution is -2.35. The summed E-state index contributed by atoms with van der Waals surface area (Å²) in [4.78, 5) is 17.6. The normalized spacial score (nSPS) is 13.1. The lowest BCUT2D eigenvalue weighted by molar-refractivity contribution is -0.117. The van der Waals surface area contributed by atoms with Gasteiger partial charge in [-0.2, -0.15) is 5.10 Å². The van der Waals surface area contributed by atoms with E-state index in [1.807, 2.05) is 25.3 Å². The number of rotatable bonds is 12. The van der Waals surface area contributed by atoms with Gasteiger partial charge in [0, 0.05) is 45.4 Å². The summed E-state index contributed by atoms with van der Waals surface area (Å²) in [5.41, 5.74) is 7.30. The molecule has 0 radical (unpaired) electrons. The Hall–Kier alpha value is -2.88. The zero-order chi connectivity index (χ0) is 26.0. The van der Waals surface area contributed by atoms with Gasteiger partial charge in [-0.1, -0.05) is 32.7 Å². The van der Waals surface area contributed by atoms with Crippen molar-refractivity contribution < 1.29 is 14.4 Å². The number of aliphatic hydroxyl groups is 1. The minimum atomic E-state index is -0.619.